The zero-order valence-corrected chi connectivity index (χ0v) is 18.4. The SMILES string of the molecule is CCN1CCN(S(=O)(=O)c2cccc(NC(=O)c3cnn(C)c3-n3cccc3)c2)CC1. The first-order valence-electron chi connectivity index (χ1n) is 10.2. The van der Waals surface area contributed by atoms with Gasteiger partial charge in [-0.3, -0.25) is 9.48 Å². The van der Waals surface area contributed by atoms with Gasteiger partial charge in [-0.15, -0.1) is 0 Å². The minimum absolute atomic E-state index is 0.173. The summed E-state index contributed by atoms with van der Waals surface area (Å²) in [5.41, 5.74) is 0.809. The standard InChI is InChI=1S/C21H26N6O3S/c1-3-25-11-13-27(14-12-25)31(29,30)18-8-6-7-17(15-18)23-20(28)19-16-22-24(2)21(19)26-9-4-5-10-26/h4-10,15-16H,3,11-14H2,1-2H3,(H,23,28). The van der Waals surface area contributed by atoms with Gasteiger partial charge in [0.05, 0.1) is 11.1 Å². The van der Waals surface area contributed by atoms with Crippen molar-refractivity contribution in [2.24, 2.45) is 7.05 Å². The lowest BCUT2D eigenvalue weighted by Crippen LogP contribution is -2.48. The molecule has 9 nitrogen and oxygen atoms in total. The van der Waals surface area contributed by atoms with Gasteiger partial charge < -0.3 is 14.8 Å². The monoisotopic (exact) mass is 442 g/mol. The van der Waals surface area contributed by atoms with Crippen molar-refractivity contribution in [2.75, 3.05) is 38.0 Å². The van der Waals surface area contributed by atoms with Crippen LogP contribution in [0.25, 0.3) is 5.82 Å². The van der Waals surface area contributed by atoms with Gasteiger partial charge >= 0.3 is 0 Å². The Hall–Kier alpha value is -2.95. The Bertz CT molecular complexity index is 1160. The Kier molecular flexibility index (Phi) is 5.94. The molecule has 2 aromatic heterocycles. The molecule has 1 amide bonds. The average Bonchev–Trinajstić information content (AvgIpc) is 3.43. The summed E-state index contributed by atoms with van der Waals surface area (Å²) in [5.74, 6) is 0.267. The predicted octanol–water partition coefficient (Wildman–Crippen LogP) is 1.79. The van der Waals surface area contributed by atoms with Gasteiger partial charge in [0.1, 0.15) is 11.4 Å². The number of amides is 1. The van der Waals surface area contributed by atoms with Gasteiger partial charge in [0.2, 0.25) is 10.0 Å². The highest BCUT2D eigenvalue weighted by atomic mass is 32.2. The number of sulfonamides is 1. The highest BCUT2D eigenvalue weighted by Gasteiger charge is 2.28. The van der Waals surface area contributed by atoms with Crippen molar-refractivity contribution in [2.45, 2.75) is 11.8 Å². The van der Waals surface area contributed by atoms with Gasteiger partial charge in [-0.05, 0) is 36.9 Å². The molecule has 31 heavy (non-hydrogen) atoms. The lowest BCUT2D eigenvalue weighted by Gasteiger charge is -2.33. The second kappa shape index (κ2) is 8.66. The number of anilines is 1. The van der Waals surface area contributed by atoms with Crippen LogP contribution in [0.5, 0.6) is 0 Å². The highest BCUT2D eigenvalue weighted by Crippen LogP contribution is 2.22. The van der Waals surface area contributed by atoms with Gasteiger partial charge in [0.15, 0.2) is 0 Å². The van der Waals surface area contributed by atoms with Gasteiger partial charge in [-0.2, -0.15) is 9.40 Å². The minimum Gasteiger partial charge on any atom is -0.322 e. The van der Waals surface area contributed by atoms with E-state index in [0.29, 0.717) is 30.2 Å². The molecule has 0 aliphatic carbocycles. The van der Waals surface area contributed by atoms with Crippen LogP contribution in [0.3, 0.4) is 0 Å². The van der Waals surface area contributed by atoms with E-state index in [1.807, 2.05) is 24.5 Å². The van der Waals surface area contributed by atoms with E-state index < -0.39 is 10.0 Å². The van der Waals surface area contributed by atoms with E-state index in [-0.39, 0.29) is 10.8 Å². The number of carbonyl (C=O) groups is 1. The summed E-state index contributed by atoms with van der Waals surface area (Å²) in [4.78, 5) is 15.3. The van der Waals surface area contributed by atoms with Crippen LogP contribution in [-0.4, -0.2) is 70.6 Å². The van der Waals surface area contributed by atoms with E-state index in [9.17, 15) is 13.2 Å². The first-order valence-corrected chi connectivity index (χ1v) is 11.6. The summed E-state index contributed by atoms with van der Waals surface area (Å²) in [6.07, 6.45) is 5.16. The third kappa shape index (κ3) is 4.27. The van der Waals surface area contributed by atoms with Crippen LogP contribution in [-0.2, 0) is 17.1 Å². The van der Waals surface area contributed by atoms with Crippen LogP contribution < -0.4 is 5.32 Å². The molecule has 3 aromatic rings. The number of nitrogens with one attached hydrogen (secondary N) is 1. The van der Waals surface area contributed by atoms with Crippen LogP contribution in [0.2, 0.25) is 0 Å². The Morgan fingerprint density at radius 3 is 2.48 bits per heavy atom. The molecule has 0 radical (unpaired) electrons. The highest BCUT2D eigenvalue weighted by molar-refractivity contribution is 7.89. The van der Waals surface area contributed by atoms with E-state index in [4.69, 9.17) is 0 Å². The van der Waals surface area contributed by atoms with E-state index >= 15 is 0 Å². The Balaban J connectivity index is 1.54. The van der Waals surface area contributed by atoms with Crippen molar-refractivity contribution in [1.82, 2.24) is 23.6 Å². The second-order valence-corrected chi connectivity index (χ2v) is 9.35. The first-order chi connectivity index (χ1) is 14.9. The fraction of sp³-hybridized carbons (Fsp3) is 0.333. The molecule has 1 aromatic carbocycles. The number of piperazine rings is 1. The third-order valence-corrected chi connectivity index (χ3v) is 7.40. The van der Waals surface area contributed by atoms with Crippen LogP contribution in [0.1, 0.15) is 17.3 Å². The molecule has 1 N–H and O–H groups in total. The Labute approximate surface area is 181 Å². The zero-order valence-electron chi connectivity index (χ0n) is 17.6. The quantitative estimate of drug-likeness (QED) is 0.628. The van der Waals surface area contributed by atoms with Crippen LogP contribution in [0.4, 0.5) is 5.69 Å². The lowest BCUT2D eigenvalue weighted by molar-refractivity contribution is 0.102. The van der Waals surface area contributed by atoms with Crippen LogP contribution in [0.15, 0.2) is 59.9 Å². The molecule has 0 bridgehead atoms. The molecule has 1 aliphatic rings. The molecule has 0 saturated carbocycles. The number of benzene rings is 1. The topological polar surface area (TPSA) is 92.5 Å². The summed E-state index contributed by atoms with van der Waals surface area (Å²) in [6.45, 7) is 5.34. The number of aromatic nitrogens is 3. The van der Waals surface area contributed by atoms with E-state index in [1.54, 1.807) is 34.5 Å². The summed E-state index contributed by atoms with van der Waals surface area (Å²) >= 11 is 0. The van der Waals surface area contributed by atoms with Crippen molar-refractivity contribution >= 4 is 21.6 Å². The third-order valence-electron chi connectivity index (χ3n) is 5.51. The zero-order chi connectivity index (χ0) is 22.0. The van der Waals surface area contributed by atoms with Crippen LogP contribution >= 0.6 is 0 Å². The van der Waals surface area contributed by atoms with Crippen molar-refractivity contribution in [1.29, 1.82) is 0 Å². The molecule has 0 unspecified atom stereocenters. The van der Waals surface area contributed by atoms with Gasteiger partial charge in [0.25, 0.3) is 5.91 Å². The molecular formula is C21H26N6O3S. The molecule has 164 valence electrons. The maximum absolute atomic E-state index is 13.1. The fourth-order valence-electron chi connectivity index (χ4n) is 3.74. The number of likely N-dealkylation sites (N-methyl/N-ethyl adjacent to an activating group) is 1. The molecule has 10 heteroatoms. The summed E-state index contributed by atoms with van der Waals surface area (Å²) < 4.78 is 31.1. The molecular weight excluding hydrogens is 416 g/mol. The van der Waals surface area contributed by atoms with E-state index in [0.717, 1.165) is 19.6 Å². The number of carbonyl (C=O) groups excluding carboxylic acids is 1. The fourth-order valence-corrected chi connectivity index (χ4v) is 5.21. The molecule has 0 atom stereocenters. The van der Waals surface area contributed by atoms with Gasteiger partial charge in [0, 0.05) is 51.3 Å². The molecule has 1 aliphatic heterocycles. The number of hydrogen-bond acceptors (Lipinski definition) is 5. The maximum Gasteiger partial charge on any atom is 0.261 e. The van der Waals surface area contributed by atoms with Crippen molar-refractivity contribution in [3.63, 3.8) is 0 Å². The Morgan fingerprint density at radius 1 is 1.10 bits per heavy atom. The summed E-state index contributed by atoms with van der Waals surface area (Å²) in [7, 11) is -1.86. The molecule has 1 fully saturated rings. The number of hydrogen-bond donors (Lipinski definition) is 1. The number of rotatable bonds is 6. The Morgan fingerprint density at radius 2 is 1.81 bits per heavy atom. The number of nitrogens with zero attached hydrogens (tertiary/aromatic N) is 5. The molecule has 1 saturated heterocycles. The molecule has 0 spiro atoms. The summed E-state index contributed by atoms with van der Waals surface area (Å²) in [5, 5.41) is 7.00. The minimum atomic E-state index is -3.62. The van der Waals surface area contributed by atoms with Gasteiger partial charge in [-0.25, -0.2) is 8.42 Å². The molecule has 4 rings (SSSR count). The second-order valence-electron chi connectivity index (χ2n) is 7.42. The van der Waals surface area contributed by atoms with Crippen LogP contribution in [0, 0.1) is 0 Å². The van der Waals surface area contributed by atoms with E-state index in [2.05, 4.69) is 22.2 Å². The largest absolute Gasteiger partial charge is 0.322 e. The van der Waals surface area contributed by atoms with Gasteiger partial charge in [-0.1, -0.05) is 13.0 Å². The maximum atomic E-state index is 13.1. The average molecular weight is 443 g/mol. The lowest BCUT2D eigenvalue weighted by atomic mass is 10.2. The summed E-state index contributed by atoms with van der Waals surface area (Å²) in [6, 6.07) is 10.1. The van der Waals surface area contributed by atoms with Crippen molar-refractivity contribution in [3.05, 3.63) is 60.6 Å². The smallest absolute Gasteiger partial charge is 0.261 e. The van der Waals surface area contributed by atoms with Crippen molar-refractivity contribution < 1.29 is 13.2 Å². The van der Waals surface area contributed by atoms with E-state index in [1.165, 1.54) is 16.6 Å². The first kappa shape index (κ1) is 21.3. The number of aryl methyl sites for hydroxylation is 1. The van der Waals surface area contributed by atoms with Crippen molar-refractivity contribution in [3.8, 4) is 5.82 Å². The predicted molar refractivity (Wildman–Crippen MR) is 118 cm³/mol. The molecule has 3 heterocycles. The normalized spacial score (nSPS) is 15.8.